The van der Waals surface area contributed by atoms with Crippen LogP contribution in [0.15, 0.2) is 34.9 Å². The van der Waals surface area contributed by atoms with Gasteiger partial charge in [-0.3, -0.25) is 4.79 Å². The molecule has 1 heterocycles. The number of nitrogens with two attached hydrogens (primary N) is 1. The van der Waals surface area contributed by atoms with Gasteiger partial charge in [-0.15, -0.1) is 0 Å². The van der Waals surface area contributed by atoms with Gasteiger partial charge < -0.3 is 20.2 Å². The molecule has 0 saturated heterocycles. The number of nitrogens with zero attached hydrogens (tertiary/aromatic N) is 1. The number of hydrogen-bond acceptors (Lipinski definition) is 6. The van der Waals surface area contributed by atoms with E-state index in [2.05, 4.69) is 10.3 Å². The SMILES string of the molecule is COC(=O)C(Cc1ccc(Cl)cc1)NC(=O)c1coc(C(N)C(C)C)n1. The summed E-state index contributed by atoms with van der Waals surface area (Å²) in [5.41, 5.74) is 6.85. The fourth-order valence-corrected chi connectivity index (χ4v) is 2.38. The van der Waals surface area contributed by atoms with Gasteiger partial charge in [-0.05, 0) is 23.6 Å². The van der Waals surface area contributed by atoms with Crippen molar-refractivity contribution in [2.75, 3.05) is 7.11 Å². The molecule has 0 bridgehead atoms. The third-order valence-electron chi connectivity index (χ3n) is 3.90. The predicted molar refractivity (Wildman–Crippen MR) is 96.7 cm³/mol. The molecule has 1 aromatic heterocycles. The van der Waals surface area contributed by atoms with Gasteiger partial charge in [-0.25, -0.2) is 9.78 Å². The first-order valence-electron chi connectivity index (χ1n) is 8.16. The van der Waals surface area contributed by atoms with Crippen LogP contribution in [0, 0.1) is 5.92 Å². The number of amides is 1. The fourth-order valence-electron chi connectivity index (χ4n) is 2.25. The number of rotatable bonds is 7. The minimum atomic E-state index is -0.868. The first kappa shape index (κ1) is 19.9. The minimum absolute atomic E-state index is 0.0566. The van der Waals surface area contributed by atoms with Crippen molar-refractivity contribution in [1.29, 1.82) is 0 Å². The van der Waals surface area contributed by atoms with Crippen LogP contribution in [-0.4, -0.2) is 30.0 Å². The van der Waals surface area contributed by atoms with Gasteiger partial charge in [-0.1, -0.05) is 37.6 Å². The average Bonchev–Trinajstić information content (AvgIpc) is 3.11. The molecule has 1 amide bonds. The highest BCUT2D eigenvalue weighted by Crippen LogP contribution is 2.18. The number of methoxy groups -OCH3 is 1. The zero-order chi connectivity index (χ0) is 19.3. The Balaban J connectivity index is 2.11. The lowest BCUT2D eigenvalue weighted by atomic mass is 10.1. The number of nitrogens with one attached hydrogen (secondary N) is 1. The van der Waals surface area contributed by atoms with Crippen molar-refractivity contribution in [3.05, 3.63) is 52.7 Å². The van der Waals surface area contributed by atoms with Crippen molar-refractivity contribution in [1.82, 2.24) is 10.3 Å². The standard InChI is InChI=1S/C18H22ClN3O4/c1-10(2)15(20)17-22-14(9-26-17)16(23)21-13(18(24)25-3)8-11-4-6-12(19)7-5-11/h4-7,9-10,13,15H,8,20H2,1-3H3,(H,21,23). The molecule has 8 heteroatoms. The molecule has 0 aliphatic carbocycles. The van der Waals surface area contributed by atoms with Crippen molar-refractivity contribution in [2.45, 2.75) is 32.4 Å². The van der Waals surface area contributed by atoms with Gasteiger partial charge in [0.15, 0.2) is 5.69 Å². The lowest BCUT2D eigenvalue weighted by molar-refractivity contribution is -0.142. The van der Waals surface area contributed by atoms with Crippen molar-refractivity contribution in [3.63, 3.8) is 0 Å². The van der Waals surface area contributed by atoms with Crippen molar-refractivity contribution in [3.8, 4) is 0 Å². The lowest BCUT2D eigenvalue weighted by Gasteiger charge is -2.16. The molecule has 2 unspecified atom stereocenters. The van der Waals surface area contributed by atoms with Crippen LogP contribution >= 0.6 is 11.6 Å². The molecule has 26 heavy (non-hydrogen) atoms. The maximum absolute atomic E-state index is 12.4. The molecule has 1 aromatic carbocycles. The Bertz CT molecular complexity index is 758. The Labute approximate surface area is 156 Å². The number of hydrogen-bond donors (Lipinski definition) is 2. The van der Waals surface area contributed by atoms with Gasteiger partial charge in [0.1, 0.15) is 12.3 Å². The number of ether oxygens (including phenoxy) is 1. The number of esters is 1. The topological polar surface area (TPSA) is 107 Å². The van der Waals surface area contributed by atoms with E-state index in [-0.39, 0.29) is 23.9 Å². The molecule has 0 saturated carbocycles. The summed E-state index contributed by atoms with van der Waals surface area (Å²) in [6.07, 6.45) is 1.48. The molecule has 140 valence electrons. The van der Waals surface area contributed by atoms with Gasteiger partial charge in [0.25, 0.3) is 5.91 Å². The Hall–Kier alpha value is -2.38. The molecular weight excluding hydrogens is 358 g/mol. The van der Waals surface area contributed by atoms with E-state index >= 15 is 0 Å². The molecule has 2 rings (SSSR count). The molecule has 0 aliphatic rings. The third-order valence-corrected chi connectivity index (χ3v) is 4.15. The zero-order valence-corrected chi connectivity index (χ0v) is 15.6. The zero-order valence-electron chi connectivity index (χ0n) is 14.9. The second kappa shape index (κ2) is 8.82. The van der Waals surface area contributed by atoms with E-state index in [9.17, 15) is 9.59 Å². The number of halogens is 1. The third kappa shape index (κ3) is 5.06. The summed E-state index contributed by atoms with van der Waals surface area (Å²) in [5, 5.41) is 3.21. The maximum atomic E-state index is 12.4. The predicted octanol–water partition coefficient (Wildman–Crippen LogP) is 2.50. The molecule has 0 aliphatic heterocycles. The summed E-state index contributed by atoms with van der Waals surface area (Å²) >= 11 is 5.86. The molecule has 0 spiro atoms. The minimum Gasteiger partial charge on any atom is -0.467 e. The summed E-state index contributed by atoms with van der Waals surface area (Å²) in [4.78, 5) is 28.6. The van der Waals surface area contributed by atoms with Crippen LogP contribution in [0.4, 0.5) is 0 Å². The Morgan fingerprint density at radius 1 is 1.31 bits per heavy atom. The first-order valence-corrected chi connectivity index (χ1v) is 8.53. The van der Waals surface area contributed by atoms with Crippen LogP contribution < -0.4 is 11.1 Å². The van der Waals surface area contributed by atoms with Crippen molar-refractivity contribution in [2.24, 2.45) is 11.7 Å². The van der Waals surface area contributed by atoms with Crippen LogP contribution in [-0.2, 0) is 16.0 Å². The second-order valence-electron chi connectivity index (χ2n) is 6.22. The number of carbonyl (C=O) groups is 2. The molecule has 2 atom stereocenters. The average molecular weight is 380 g/mol. The van der Waals surface area contributed by atoms with Crippen molar-refractivity contribution >= 4 is 23.5 Å². The van der Waals surface area contributed by atoms with E-state index in [0.717, 1.165) is 5.56 Å². The smallest absolute Gasteiger partial charge is 0.328 e. The largest absolute Gasteiger partial charge is 0.467 e. The van der Waals surface area contributed by atoms with E-state index < -0.39 is 24.0 Å². The van der Waals surface area contributed by atoms with Gasteiger partial charge in [-0.2, -0.15) is 0 Å². The van der Waals surface area contributed by atoms with Gasteiger partial charge in [0, 0.05) is 11.4 Å². The van der Waals surface area contributed by atoms with Crippen LogP contribution in [0.25, 0.3) is 0 Å². The summed E-state index contributed by atoms with van der Waals surface area (Å²) < 4.78 is 10.1. The highest BCUT2D eigenvalue weighted by Gasteiger charge is 2.25. The highest BCUT2D eigenvalue weighted by atomic mass is 35.5. The summed E-state index contributed by atoms with van der Waals surface area (Å²) in [6.45, 7) is 3.85. The van der Waals surface area contributed by atoms with Crippen LogP contribution in [0.2, 0.25) is 5.02 Å². The highest BCUT2D eigenvalue weighted by molar-refractivity contribution is 6.30. The van der Waals surface area contributed by atoms with Crippen LogP contribution in [0.5, 0.6) is 0 Å². The van der Waals surface area contributed by atoms with Gasteiger partial charge in [0.2, 0.25) is 5.89 Å². The molecule has 3 N–H and O–H groups in total. The Morgan fingerprint density at radius 2 is 1.96 bits per heavy atom. The lowest BCUT2D eigenvalue weighted by Crippen LogP contribution is -2.43. The number of oxazole rings is 1. The molecule has 2 aromatic rings. The normalized spacial score (nSPS) is 13.3. The van der Waals surface area contributed by atoms with E-state index in [4.69, 9.17) is 26.5 Å². The van der Waals surface area contributed by atoms with E-state index in [1.165, 1.54) is 13.4 Å². The second-order valence-corrected chi connectivity index (χ2v) is 6.66. The monoisotopic (exact) mass is 379 g/mol. The molecule has 7 nitrogen and oxygen atoms in total. The van der Waals surface area contributed by atoms with Gasteiger partial charge in [0.05, 0.1) is 13.2 Å². The van der Waals surface area contributed by atoms with E-state index in [1.54, 1.807) is 24.3 Å². The Kier molecular flexibility index (Phi) is 6.76. The van der Waals surface area contributed by atoms with Crippen LogP contribution in [0.1, 0.15) is 41.8 Å². The van der Waals surface area contributed by atoms with Crippen LogP contribution in [0.3, 0.4) is 0 Å². The summed E-state index contributed by atoms with van der Waals surface area (Å²) in [5.74, 6) is -0.717. The summed E-state index contributed by atoms with van der Waals surface area (Å²) in [6, 6.07) is 5.70. The fraction of sp³-hybridized carbons (Fsp3) is 0.389. The molecule has 0 radical (unpaired) electrons. The van der Waals surface area contributed by atoms with Gasteiger partial charge >= 0.3 is 5.97 Å². The quantitative estimate of drug-likeness (QED) is 0.715. The first-order chi connectivity index (χ1) is 12.3. The van der Waals surface area contributed by atoms with Crippen molar-refractivity contribution < 1.29 is 18.7 Å². The number of aromatic nitrogens is 1. The number of benzene rings is 1. The molecule has 0 fully saturated rings. The number of carbonyl (C=O) groups excluding carboxylic acids is 2. The Morgan fingerprint density at radius 3 is 2.54 bits per heavy atom. The van der Waals surface area contributed by atoms with E-state index in [0.29, 0.717) is 5.02 Å². The van der Waals surface area contributed by atoms with E-state index in [1.807, 2.05) is 13.8 Å². The maximum Gasteiger partial charge on any atom is 0.328 e. The molecular formula is C18H22ClN3O4. The summed E-state index contributed by atoms with van der Waals surface area (Å²) in [7, 11) is 1.26.